The Hall–Kier alpha value is -4.14. The molecule has 0 saturated heterocycles. The summed E-state index contributed by atoms with van der Waals surface area (Å²) in [5.41, 5.74) is 3.34. The summed E-state index contributed by atoms with van der Waals surface area (Å²) < 4.78 is 35.6. The van der Waals surface area contributed by atoms with Crippen molar-refractivity contribution in [2.24, 2.45) is 0 Å². The Morgan fingerprint density at radius 2 is 1.74 bits per heavy atom. The second-order valence-electron chi connectivity index (χ2n) is 10.1. The number of aromatic nitrogens is 2. The Kier molecular flexibility index (Phi) is 11.4. The minimum absolute atomic E-state index is 0.222. The summed E-state index contributed by atoms with van der Waals surface area (Å²) in [7, 11) is -4.05. The zero-order valence-corrected chi connectivity index (χ0v) is 25.9. The van der Waals surface area contributed by atoms with Crippen molar-refractivity contribution in [1.29, 1.82) is 0 Å². The van der Waals surface area contributed by atoms with E-state index in [1.165, 1.54) is 6.08 Å². The van der Waals surface area contributed by atoms with E-state index in [1.54, 1.807) is 36.5 Å². The standard InChI is InChI=1S/C34H36ClN3O4S/c1-3-4-11-19-42-32-17-16-29(33(35)23-32)25-38-26(2)36-24-31(38)22-30(21-28-14-9-6-10-15-28)34(39)37-43(40,41)20-18-27-12-7-5-8-13-27/h5-10,12-18,20,22-24H,3-4,11,19,21,25H2,1-2H3,(H,37,39). The van der Waals surface area contributed by atoms with Gasteiger partial charge in [0.05, 0.1) is 30.5 Å². The van der Waals surface area contributed by atoms with Crippen molar-refractivity contribution in [1.82, 2.24) is 14.3 Å². The third-order valence-corrected chi connectivity index (χ3v) is 8.10. The largest absolute Gasteiger partial charge is 0.494 e. The van der Waals surface area contributed by atoms with Gasteiger partial charge < -0.3 is 9.30 Å². The number of imidazole rings is 1. The van der Waals surface area contributed by atoms with Crippen molar-refractivity contribution in [3.63, 3.8) is 0 Å². The van der Waals surface area contributed by atoms with Crippen LogP contribution in [0.3, 0.4) is 0 Å². The second kappa shape index (κ2) is 15.4. The molecule has 1 aromatic heterocycles. The highest BCUT2D eigenvalue weighted by Crippen LogP contribution is 2.25. The molecule has 0 fully saturated rings. The van der Waals surface area contributed by atoms with Crippen molar-refractivity contribution < 1.29 is 17.9 Å². The smallest absolute Gasteiger partial charge is 0.261 e. The minimum Gasteiger partial charge on any atom is -0.494 e. The number of hydrogen-bond donors (Lipinski definition) is 1. The van der Waals surface area contributed by atoms with E-state index >= 15 is 0 Å². The average molecular weight is 618 g/mol. The van der Waals surface area contributed by atoms with Crippen molar-refractivity contribution in [3.05, 3.63) is 129 Å². The molecule has 4 rings (SSSR count). The van der Waals surface area contributed by atoms with Gasteiger partial charge in [0.15, 0.2) is 0 Å². The van der Waals surface area contributed by atoms with Crippen molar-refractivity contribution >= 4 is 39.7 Å². The minimum atomic E-state index is -4.05. The van der Waals surface area contributed by atoms with E-state index in [0.29, 0.717) is 29.4 Å². The van der Waals surface area contributed by atoms with Crippen LogP contribution < -0.4 is 9.46 Å². The number of rotatable bonds is 14. The van der Waals surface area contributed by atoms with Crippen LogP contribution >= 0.6 is 11.6 Å². The van der Waals surface area contributed by atoms with Gasteiger partial charge in [0.25, 0.3) is 15.9 Å². The Labute approximate surface area is 258 Å². The van der Waals surface area contributed by atoms with Crippen LogP contribution in [0, 0.1) is 6.92 Å². The summed E-state index contributed by atoms with van der Waals surface area (Å²) in [6.45, 7) is 5.07. The number of sulfonamides is 1. The van der Waals surface area contributed by atoms with Gasteiger partial charge in [0, 0.05) is 17.0 Å². The number of ether oxygens (including phenoxy) is 1. The lowest BCUT2D eigenvalue weighted by molar-refractivity contribution is -0.115. The Bertz CT molecular complexity index is 1680. The van der Waals surface area contributed by atoms with E-state index in [0.717, 1.165) is 47.4 Å². The van der Waals surface area contributed by atoms with Gasteiger partial charge >= 0.3 is 0 Å². The first-order valence-electron chi connectivity index (χ1n) is 14.2. The monoisotopic (exact) mass is 617 g/mol. The highest BCUT2D eigenvalue weighted by molar-refractivity contribution is 7.93. The topological polar surface area (TPSA) is 90.3 Å². The first kappa shape index (κ1) is 31.8. The van der Waals surface area contributed by atoms with Crippen molar-refractivity contribution in [2.75, 3.05) is 6.61 Å². The summed E-state index contributed by atoms with van der Waals surface area (Å²) in [5, 5.41) is 1.56. The zero-order valence-electron chi connectivity index (χ0n) is 24.4. The lowest BCUT2D eigenvalue weighted by atomic mass is 10.0. The summed E-state index contributed by atoms with van der Waals surface area (Å²) in [5.74, 6) is 0.728. The lowest BCUT2D eigenvalue weighted by Crippen LogP contribution is -2.30. The highest BCUT2D eigenvalue weighted by atomic mass is 35.5. The maximum Gasteiger partial charge on any atom is 0.261 e. The number of carbonyl (C=O) groups is 1. The quantitative estimate of drug-likeness (QED) is 0.119. The van der Waals surface area contributed by atoms with Gasteiger partial charge in [-0.1, -0.05) is 98.1 Å². The predicted molar refractivity (Wildman–Crippen MR) is 173 cm³/mol. The number of nitrogens with zero attached hydrogens (tertiary/aromatic N) is 2. The van der Waals surface area contributed by atoms with E-state index in [2.05, 4.69) is 16.6 Å². The normalized spacial score (nSPS) is 12.0. The first-order valence-corrected chi connectivity index (χ1v) is 16.1. The third-order valence-electron chi connectivity index (χ3n) is 6.78. The van der Waals surface area contributed by atoms with E-state index in [9.17, 15) is 13.2 Å². The van der Waals surface area contributed by atoms with Crippen LogP contribution in [0.25, 0.3) is 12.2 Å². The number of unbranched alkanes of at least 4 members (excludes halogenated alkanes) is 2. The maximum atomic E-state index is 13.4. The van der Waals surface area contributed by atoms with Gasteiger partial charge in [0.2, 0.25) is 0 Å². The number of aryl methyl sites for hydroxylation is 1. The molecule has 0 aliphatic rings. The maximum absolute atomic E-state index is 13.4. The molecule has 3 aromatic carbocycles. The SMILES string of the molecule is CCCCCOc1ccc(Cn2c(C=C(Cc3ccccc3)C(=O)NS(=O)(=O)C=Cc3ccccc3)cnc2C)c(Cl)c1. The number of nitrogens with one attached hydrogen (secondary N) is 1. The van der Waals surface area contributed by atoms with Crippen LogP contribution in [-0.2, 0) is 27.8 Å². The fraction of sp³-hybridized carbons (Fsp3) is 0.235. The third kappa shape index (κ3) is 9.70. The molecule has 7 nitrogen and oxygen atoms in total. The molecular formula is C34H36ClN3O4S. The van der Waals surface area contributed by atoms with Gasteiger partial charge in [-0.3, -0.25) is 4.79 Å². The Morgan fingerprint density at radius 3 is 2.44 bits per heavy atom. The van der Waals surface area contributed by atoms with E-state index in [1.807, 2.05) is 66.1 Å². The molecule has 9 heteroatoms. The highest BCUT2D eigenvalue weighted by Gasteiger charge is 2.18. The van der Waals surface area contributed by atoms with E-state index in [4.69, 9.17) is 16.3 Å². The lowest BCUT2D eigenvalue weighted by Gasteiger charge is -2.13. The van der Waals surface area contributed by atoms with Gasteiger partial charge in [0.1, 0.15) is 11.6 Å². The number of benzene rings is 3. The molecule has 0 saturated carbocycles. The van der Waals surface area contributed by atoms with Crippen LogP contribution in [0.15, 0.2) is 96.0 Å². The number of carbonyl (C=O) groups excluding carboxylic acids is 1. The molecule has 1 amide bonds. The molecule has 0 unspecified atom stereocenters. The molecular weight excluding hydrogens is 582 g/mol. The summed E-state index contributed by atoms with van der Waals surface area (Å²) >= 11 is 6.63. The molecule has 0 aliphatic heterocycles. The zero-order chi connectivity index (χ0) is 30.7. The molecule has 43 heavy (non-hydrogen) atoms. The van der Waals surface area contributed by atoms with Crippen LogP contribution in [0.5, 0.6) is 5.75 Å². The van der Waals surface area contributed by atoms with E-state index in [-0.39, 0.29) is 12.0 Å². The molecule has 0 aliphatic carbocycles. The van der Waals surface area contributed by atoms with Gasteiger partial charge in [-0.2, -0.15) is 0 Å². The van der Waals surface area contributed by atoms with Crippen LogP contribution in [-0.4, -0.2) is 30.5 Å². The molecule has 0 spiro atoms. The second-order valence-corrected chi connectivity index (χ2v) is 12.1. The van der Waals surface area contributed by atoms with Crippen LogP contribution in [0.1, 0.15) is 54.4 Å². The summed E-state index contributed by atoms with van der Waals surface area (Å²) in [6, 6.07) is 24.0. The van der Waals surface area contributed by atoms with Crippen LogP contribution in [0.4, 0.5) is 0 Å². The van der Waals surface area contributed by atoms with Gasteiger partial charge in [-0.05, 0) is 54.3 Å². The fourth-order valence-corrected chi connectivity index (χ4v) is 5.44. The molecule has 0 bridgehead atoms. The molecule has 1 heterocycles. The van der Waals surface area contributed by atoms with E-state index < -0.39 is 15.9 Å². The molecule has 0 atom stereocenters. The molecule has 4 aromatic rings. The predicted octanol–water partition coefficient (Wildman–Crippen LogP) is 7.21. The molecule has 224 valence electrons. The summed E-state index contributed by atoms with van der Waals surface area (Å²) in [4.78, 5) is 17.9. The van der Waals surface area contributed by atoms with Crippen LogP contribution in [0.2, 0.25) is 5.02 Å². The fourth-order valence-electron chi connectivity index (χ4n) is 4.42. The number of amides is 1. The van der Waals surface area contributed by atoms with Crippen molar-refractivity contribution in [3.8, 4) is 5.75 Å². The first-order chi connectivity index (χ1) is 20.7. The molecule has 1 N–H and O–H groups in total. The molecule has 0 radical (unpaired) electrons. The Morgan fingerprint density at radius 1 is 1.02 bits per heavy atom. The van der Waals surface area contributed by atoms with Crippen molar-refractivity contribution in [2.45, 2.75) is 46.1 Å². The average Bonchev–Trinajstić information content (AvgIpc) is 3.34. The van der Waals surface area contributed by atoms with Gasteiger partial charge in [-0.25, -0.2) is 18.1 Å². The Balaban J connectivity index is 1.58. The summed E-state index contributed by atoms with van der Waals surface area (Å²) in [6.07, 6.45) is 8.24. The number of halogens is 1. The number of hydrogen-bond acceptors (Lipinski definition) is 5. The van der Waals surface area contributed by atoms with Gasteiger partial charge in [-0.15, -0.1) is 0 Å².